The molecular weight excluding hydrogens is 346 g/mol. The number of hydrogen-bond donors (Lipinski definition) is 1. The number of hydrogen-bond acceptors (Lipinski definition) is 4. The summed E-state index contributed by atoms with van der Waals surface area (Å²) >= 11 is 1.49. The van der Waals surface area contributed by atoms with E-state index in [0.717, 1.165) is 41.0 Å². The van der Waals surface area contributed by atoms with Crippen LogP contribution in [0.25, 0.3) is 10.2 Å². The number of carbonyl (C=O) groups is 1. The second kappa shape index (κ2) is 6.68. The van der Waals surface area contributed by atoms with Gasteiger partial charge in [-0.05, 0) is 31.4 Å². The van der Waals surface area contributed by atoms with E-state index in [0.29, 0.717) is 5.39 Å². The molecule has 1 aliphatic carbocycles. The van der Waals surface area contributed by atoms with Gasteiger partial charge in [0.25, 0.3) is 5.56 Å². The van der Waals surface area contributed by atoms with E-state index in [1.165, 1.54) is 22.2 Å². The summed E-state index contributed by atoms with van der Waals surface area (Å²) in [6.07, 6.45) is 5.52. The summed E-state index contributed by atoms with van der Waals surface area (Å²) in [5.74, 6) is -0.147. The summed E-state index contributed by atoms with van der Waals surface area (Å²) in [5.41, 5.74) is 0.660. The van der Waals surface area contributed by atoms with Crippen molar-refractivity contribution in [1.82, 2.24) is 14.9 Å². The molecule has 134 valence electrons. The molecule has 0 atom stereocenters. The first kappa shape index (κ1) is 17.0. The van der Waals surface area contributed by atoms with Gasteiger partial charge in [-0.25, -0.2) is 4.98 Å². The Hall–Kier alpha value is -2.47. The van der Waals surface area contributed by atoms with Crippen LogP contribution in [-0.2, 0) is 16.9 Å². The molecule has 1 aromatic carbocycles. The number of amides is 1. The van der Waals surface area contributed by atoms with Crippen LogP contribution in [0.1, 0.15) is 36.1 Å². The van der Waals surface area contributed by atoms with E-state index in [2.05, 4.69) is 22.4 Å². The van der Waals surface area contributed by atoms with Crippen molar-refractivity contribution >= 4 is 27.5 Å². The van der Waals surface area contributed by atoms with Crippen LogP contribution in [0.2, 0.25) is 0 Å². The van der Waals surface area contributed by atoms with Crippen molar-refractivity contribution in [3.05, 3.63) is 63.5 Å². The lowest BCUT2D eigenvalue weighted by Gasteiger charge is -2.31. The van der Waals surface area contributed by atoms with Gasteiger partial charge in [0, 0.05) is 4.88 Å². The molecule has 4 rings (SSSR count). The number of thiophene rings is 1. The lowest BCUT2D eigenvalue weighted by molar-refractivity contribution is -0.123. The molecule has 0 saturated heterocycles. The number of aryl methyl sites for hydroxylation is 1. The van der Waals surface area contributed by atoms with Gasteiger partial charge in [-0.1, -0.05) is 43.2 Å². The molecule has 0 aliphatic heterocycles. The molecule has 0 spiro atoms. The minimum absolute atomic E-state index is 0.00868. The molecule has 1 saturated carbocycles. The van der Waals surface area contributed by atoms with E-state index in [1.54, 1.807) is 0 Å². The van der Waals surface area contributed by atoms with Crippen LogP contribution in [0.5, 0.6) is 0 Å². The highest BCUT2D eigenvalue weighted by Crippen LogP contribution is 2.38. The molecule has 0 unspecified atom stereocenters. The van der Waals surface area contributed by atoms with Crippen LogP contribution < -0.4 is 10.9 Å². The Bertz CT molecular complexity index is 1000. The quantitative estimate of drug-likeness (QED) is 0.769. The Balaban J connectivity index is 1.58. The number of nitrogens with one attached hydrogen (secondary N) is 1. The molecule has 2 heterocycles. The van der Waals surface area contributed by atoms with E-state index in [9.17, 15) is 9.59 Å². The number of benzene rings is 1. The number of fused-ring (bicyclic) bond motifs is 1. The minimum atomic E-state index is -0.321. The monoisotopic (exact) mass is 367 g/mol. The Morgan fingerprint density at radius 3 is 2.73 bits per heavy atom. The largest absolute Gasteiger partial charge is 0.345 e. The molecule has 1 N–H and O–H groups in total. The van der Waals surface area contributed by atoms with E-state index in [1.807, 2.05) is 31.2 Å². The van der Waals surface area contributed by atoms with Crippen LogP contribution >= 0.6 is 11.3 Å². The zero-order valence-electron chi connectivity index (χ0n) is 14.7. The van der Waals surface area contributed by atoms with Crippen molar-refractivity contribution < 1.29 is 4.79 Å². The number of nitrogens with zero attached hydrogens (tertiary/aromatic N) is 2. The van der Waals surface area contributed by atoms with Crippen LogP contribution in [0, 0.1) is 6.92 Å². The first-order valence-corrected chi connectivity index (χ1v) is 9.71. The highest BCUT2D eigenvalue weighted by Gasteiger charge is 2.36. The maximum absolute atomic E-state index is 12.7. The van der Waals surface area contributed by atoms with Gasteiger partial charge < -0.3 is 5.32 Å². The van der Waals surface area contributed by atoms with Gasteiger partial charge in [-0.3, -0.25) is 14.2 Å². The summed E-state index contributed by atoms with van der Waals surface area (Å²) in [7, 11) is 0. The summed E-state index contributed by atoms with van der Waals surface area (Å²) in [5, 5.41) is 3.80. The lowest BCUT2D eigenvalue weighted by atomic mass is 9.88. The normalized spacial score (nSPS) is 16.0. The number of aromatic nitrogens is 2. The highest BCUT2D eigenvalue weighted by atomic mass is 32.1. The molecular formula is C20H21N3O2S. The van der Waals surface area contributed by atoms with Crippen LogP contribution in [0.15, 0.2) is 47.5 Å². The Labute approximate surface area is 155 Å². The van der Waals surface area contributed by atoms with E-state index >= 15 is 0 Å². The zero-order valence-corrected chi connectivity index (χ0v) is 15.5. The highest BCUT2D eigenvalue weighted by molar-refractivity contribution is 7.18. The van der Waals surface area contributed by atoms with E-state index in [-0.39, 0.29) is 23.6 Å². The summed E-state index contributed by atoms with van der Waals surface area (Å²) in [4.78, 5) is 31.4. The first-order chi connectivity index (χ1) is 12.6. The molecule has 3 aromatic rings. The zero-order chi connectivity index (χ0) is 18.1. The third-order valence-electron chi connectivity index (χ3n) is 5.12. The SMILES string of the molecule is Cc1cc2c(=O)n(CC(=O)NC3(c4ccccc4)CCCC3)cnc2s1. The molecule has 1 amide bonds. The number of carbonyl (C=O) groups excluding carboxylic acids is 1. The van der Waals surface area contributed by atoms with Gasteiger partial charge in [0.1, 0.15) is 11.4 Å². The molecule has 0 radical (unpaired) electrons. The summed E-state index contributed by atoms with van der Waals surface area (Å²) in [6.45, 7) is 1.94. The van der Waals surface area contributed by atoms with Crippen molar-refractivity contribution in [2.24, 2.45) is 0 Å². The molecule has 0 bridgehead atoms. The smallest absolute Gasteiger partial charge is 0.262 e. The van der Waals surface area contributed by atoms with Gasteiger partial charge in [0.05, 0.1) is 17.3 Å². The third-order valence-corrected chi connectivity index (χ3v) is 6.08. The van der Waals surface area contributed by atoms with Crippen molar-refractivity contribution in [1.29, 1.82) is 0 Å². The van der Waals surface area contributed by atoms with Gasteiger partial charge in [0.2, 0.25) is 5.91 Å². The van der Waals surface area contributed by atoms with Crippen LogP contribution in [-0.4, -0.2) is 15.5 Å². The Morgan fingerprint density at radius 2 is 2.00 bits per heavy atom. The average molecular weight is 367 g/mol. The van der Waals surface area contributed by atoms with Gasteiger partial charge >= 0.3 is 0 Å². The maximum Gasteiger partial charge on any atom is 0.262 e. The molecule has 1 aliphatic rings. The summed E-state index contributed by atoms with van der Waals surface area (Å²) < 4.78 is 1.40. The molecule has 2 aromatic heterocycles. The fourth-order valence-corrected chi connectivity index (χ4v) is 4.71. The van der Waals surface area contributed by atoms with Crippen molar-refractivity contribution in [2.75, 3.05) is 0 Å². The predicted molar refractivity (Wildman–Crippen MR) is 103 cm³/mol. The topological polar surface area (TPSA) is 64.0 Å². The standard InChI is InChI=1S/C20H21N3O2S/c1-14-11-16-18(26-14)21-13-23(19(16)25)12-17(24)22-20(9-5-6-10-20)15-7-3-2-4-8-15/h2-4,7-8,11,13H,5-6,9-10,12H2,1H3,(H,22,24). The third kappa shape index (κ3) is 3.05. The van der Waals surface area contributed by atoms with Gasteiger partial charge in [0.15, 0.2) is 0 Å². The van der Waals surface area contributed by atoms with Gasteiger partial charge in [-0.2, -0.15) is 0 Å². The predicted octanol–water partition coefficient (Wildman–Crippen LogP) is 3.35. The fourth-order valence-electron chi connectivity index (χ4n) is 3.88. The fraction of sp³-hybridized carbons (Fsp3) is 0.350. The second-order valence-corrected chi connectivity index (χ2v) is 8.19. The second-order valence-electron chi connectivity index (χ2n) is 6.96. The first-order valence-electron chi connectivity index (χ1n) is 8.90. The van der Waals surface area contributed by atoms with Crippen molar-refractivity contribution in [2.45, 2.75) is 44.7 Å². The van der Waals surface area contributed by atoms with E-state index < -0.39 is 0 Å². The summed E-state index contributed by atoms with van der Waals surface area (Å²) in [6, 6.07) is 12.0. The minimum Gasteiger partial charge on any atom is -0.345 e. The van der Waals surface area contributed by atoms with Crippen LogP contribution in [0.3, 0.4) is 0 Å². The Kier molecular flexibility index (Phi) is 4.36. The van der Waals surface area contributed by atoms with E-state index in [4.69, 9.17) is 0 Å². The molecule has 6 heteroatoms. The van der Waals surface area contributed by atoms with Crippen molar-refractivity contribution in [3.8, 4) is 0 Å². The lowest BCUT2D eigenvalue weighted by Crippen LogP contribution is -2.46. The van der Waals surface area contributed by atoms with Crippen molar-refractivity contribution in [3.63, 3.8) is 0 Å². The molecule has 1 fully saturated rings. The Morgan fingerprint density at radius 1 is 1.27 bits per heavy atom. The maximum atomic E-state index is 12.7. The molecule has 5 nitrogen and oxygen atoms in total. The number of rotatable bonds is 4. The van der Waals surface area contributed by atoms with Gasteiger partial charge in [-0.15, -0.1) is 11.3 Å². The average Bonchev–Trinajstić information content (AvgIpc) is 3.25. The van der Waals surface area contributed by atoms with Crippen LogP contribution in [0.4, 0.5) is 0 Å². The molecule has 26 heavy (non-hydrogen) atoms.